The Hall–Kier alpha value is -1.75. The molecule has 1 heterocycles. The van der Waals surface area contributed by atoms with Gasteiger partial charge >= 0.3 is 6.03 Å². The van der Waals surface area contributed by atoms with E-state index in [9.17, 15) is 4.79 Å². The number of ether oxygens (including phenoxy) is 2. The van der Waals surface area contributed by atoms with E-state index in [1.54, 1.807) is 0 Å². The molecule has 0 spiro atoms. The first-order valence-electron chi connectivity index (χ1n) is 7.90. The molecule has 2 N–H and O–H groups in total. The average molecular weight is 306 g/mol. The van der Waals surface area contributed by atoms with E-state index in [2.05, 4.69) is 30.5 Å². The molecule has 1 aromatic rings. The molecule has 122 valence electrons. The molecule has 1 fully saturated rings. The van der Waals surface area contributed by atoms with Crippen molar-refractivity contribution in [2.45, 2.75) is 39.7 Å². The van der Waals surface area contributed by atoms with Crippen LogP contribution in [-0.4, -0.2) is 38.4 Å². The van der Waals surface area contributed by atoms with Crippen molar-refractivity contribution in [3.8, 4) is 5.75 Å². The molecule has 5 nitrogen and oxygen atoms in total. The topological polar surface area (TPSA) is 59.6 Å². The van der Waals surface area contributed by atoms with Gasteiger partial charge in [-0.25, -0.2) is 4.79 Å². The van der Waals surface area contributed by atoms with Gasteiger partial charge < -0.3 is 20.1 Å². The highest BCUT2D eigenvalue weighted by Crippen LogP contribution is 2.22. The summed E-state index contributed by atoms with van der Waals surface area (Å²) >= 11 is 0. The number of rotatable bonds is 6. The SMILES string of the molecule is Cc1cc(C)c(OCCNC(=O)NCC2CCCO2)cc1C. The third-order valence-electron chi connectivity index (χ3n) is 3.95. The van der Waals surface area contributed by atoms with E-state index in [4.69, 9.17) is 9.47 Å². The van der Waals surface area contributed by atoms with Crippen molar-refractivity contribution in [3.05, 3.63) is 28.8 Å². The summed E-state index contributed by atoms with van der Waals surface area (Å²) in [6, 6.07) is 3.99. The van der Waals surface area contributed by atoms with Crippen LogP contribution in [0.4, 0.5) is 4.79 Å². The Morgan fingerprint density at radius 1 is 1.23 bits per heavy atom. The van der Waals surface area contributed by atoms with Gasteiger partial charge in [-0.1, -0.05) is 6.07 Å². The molecular formula is C17H26N2O3. The number of urea groups is 1. The van der Waals surface area contributed by atoms with Crippen molar-refractivity contribution in [2.24, 2.45) is 0 Å². The summed E-state index contributed by atoms with van der Waals surface area (Å²) in [4.78, 5) is 11.6. The fraction of sp³-hybridized carbons (Fsp3) is 0.588. The molecule has 0 aromatic heterocycles. The summed E-state index contributed by atoms with van der Waals surface area (Å²) in [7, 11) is 0. The van der Waals surface area contributed by atoms with Crippen LogP contribution in [0.25, 0.3) is 0 Å². The summed E-state index contributed by atoms with van der Waals surface area (Å²) in [5, 5.41) is 5.61. The van der Waals surface area contributed by atoms with Gasteiger partial charge in [0.05, 0.1) is 12.6 Å². The maximum Gasteiger partial charge on any atom is 0.315 e. The van der Waals surface area contributed by atoms with Gasteiger partial charge in [-0.15, -0.1) is 0 Å². The number of carbonyl (C=O) groups excluding carboxylic acids is 1. The van der Waals surface area contributed by atoms with Crippen LogP contribution < -0.4 is 15.4 Å². The molecule has 22 heavy (non-hydrogen) atoms. The van der Waals surface area contributed by atoms with Crippen LogP contribution in [0.2, 0.25) is 0 Å². The van der Waals surface area contributed by atoms with Crippen LogP contribution in [0.3, 0.4) is 0 Å². The van der Waals surface area contributed by atoms with E-state index >= 15 is 0 Å². The Labute approximate surface area is 132 Å². The molecule has 1 unspecified atom stereocenters. The lowest BCUT2D eigenvalue weighted by molar-refractivity contribution is 0.111. The summed E-state index contributed by atoms with van der Waals surface area (Å²) in [5.41, 5.74) is 3.59. The Morgan fingerprint density at radius 3 is 2.73 bits per heavy atom. The first-order valence-corrected chi connectivity index (χ1v) is 7.90. The van der Waals surface area contributed by atoms with E-state index in [1.807, 2.05) is 13.0 Å². The van der Waals surface area contributed by atoms with E-state index in [-0.39, 0.29) is 12.1 Å². The van der Waals surface area contributed by atoms with Gasteiger partial charge in [-0.3, -0.25) is 0 Å². The van der Waals surface area contributed by atoms with Crippen LogP contribution in [0.15, 0.2) is 12.1 Å². The van der Waals surface area contributed by atoms with Crippen LogP contribution in [0, 0.1) is 20.8 Å². The van der Waals surface area contributed by atoms with E-state index < -0.39 is 0 Å². The zero-order valence-electron chi connectivity index (χ0n) is 13.7. The lowest BCUT2D eigenvalue weighted by Gasteiger charge is -2.13. The second-order valence-electron chi connectivity index (χ2n) is 5.82. The number of aryl methyl sites for hydroxylation is 3. The molecule has 1 aliphatic rings. The molecule has 2 amide bonds. The molecule has 1 aliphatic heterocycles. The quantitative estimate of drug-likeness (QED) is 0.794. The monoisotopic (exact) mass is 306 g/mol. The standard InChI is InChI=1S/C17H26N2O3/c1-12-9-14(3)16(10-13(12)2)22-8-6-18-17(20)19-11-15-5-4-7-21-15/h9-10,15H,4-8,11H2,1-3H3,(H2,18,19,20). The summed E-state index contributed by atoms with van der Waals surface area (Å²) in [6.45, 7) is 8.49. The molecule has 0 aliphatic carbocycles. The lowest BCUT2D eigenvalue weighted by atomic mass is 10.1. The fourth-order valence-corrected chi connectivity index (χ4v) is 2.49. The van der Waals surface area contributed by atoms with Crippen LogP contribution in [-0.2, 0) is 4.74 Å². The van der Waals surface area contributed by atoms with Gasteiger partial charge in [0.1, 0.15) is 12.4 Å². The maximum absolute atomic E-state index is 11.6. The normalized spacial score (nSPS) is 17.3. The van der Waals surface area contributed by atoms with Crippen molar-refractivity contribution in [1.82, 2.24) is 10.6 Å². The van der Waals surface area contributed by atoms with Gasteiger partial charge in [-0.05, 0) is 56.4 Å². The van der Waals surface area contributed by atoms with Crippen molar-refractivity contribution < 1.29 is 14.3 Å². The molecule has 2 rings (SSSR count). The Kier molecular flexibility index (Phi) is 6.07. The zero-order chi connectivity index (χ0) is 15.9. The van der Waals surface area contributed by atoms with Crippen molar-refractivity contribution >= 4 is 6.03 Å². The molecule has 1 aromatic carbocycles. The molecule has 5 heteroatoms. The van der Waals surface area contributed by atoms with Crippen LogP contribution in [0.1, 0.15) is 29.5 Å². The van der Waals surface area contributed by atoms with Gasteiger partial charge in [0.15, 0.2) is 0 Å². The first-order chi connectivity index (χ1) is 10.6. The van der Waals surface area contributed by atoms with E-state index in [0.29, 0.717) is 19.7 Å². The first kappa shape index (κ1) is 16.6. The number of hydrogen-bond acceptors (Lipinski definition) is 3. The van der Waals surface area contributed by atoms with Gasteiger partial charge in [-0.2, -0.15) is 0 Å². The number of carbonyl (C=O) groups is 1. The minimum atomic E-state index is -0.170. The highest BCUT2D eigenvalue weighted by Gasteiger charge is 2.15. The minimum absolute atomic E-state index is 0.167. The van der Waals surface area contributed by atoms with Crippen molar-refractivity contribution in [2.75, 3.05) is 26.3 Å². The highest BCUT2D eigenvalue weighted by atomic mass is 16.5. The second-order valence-corrected chi connectivity index (χ2v) is 5.82. The van der Waals surface area contributed by atoms with E-state index in [1.165, 1.54) is 11.1 Å². The van der Waals surface area contributed by atoms with Crippen LogP contribution >= 0.6 is 0 Å². The third-order valence-corrected chi connectivity index (χ3v) is 3.95. The van der Waals surface area contributed by atoms with Gasteiger partial charge in [0, 0.05) is 13.2 Å². The fourth-order valence-electron chi connectivity index (χ4n) is 2.49. The minimum Gasteiger partial charge on any atom is -0.491 e. The molecule has 1 atom stereocenters. The van der Waals surface area contributed by atoms with Gasteiger partial charge in [0.2, 0.25) is 0 Å². The summed E-state index contributed by atoms with van der Waals surface area (Å²) in [6.07, 6.45) is 2.27. The maximum atomic E-state index is 11.6. The molecule has 0 saturated carbocycles. The smallest absolute Gasteiger partial charge is 0.315 e. The van der Waals surface area contributed by atoms with Crippen molar-refractivity contribution in [1.29, 1.82) is 0 Å². The molecule has 0 radical (unpaired) electrons. The Bertz CT molecular complexity index is 511. The predicted molar refractivity (Wildman–Crippen MR) is 86.5 cm³/mol. The molecule has 1 saturated heterocycles. The highest BCUT2D eigenvalue weighted by molar-refractivity contribution is 5.73. The van der Waals surface area contributed by atoms with Crippen molar-refractivity contribution in [3.63, 3.8) is 0 Å². The Balaban J connectivity index is 1.64. The molecular weight excluding hydrogens is 280 g/mol. The number of nitrogens with one attached hydrogen (secondary N) is 2. The van der Waals surface area contributed by atoms with Gasteiger partial charge in [0.25, 0.3) is 0 Å². The number of hydrogen-bond donors (Lipinski definition) is 2. The molecule has 0 bridgehead atoms. The van der Waals surface area contributed by atoms with Crippen LogP contribution in [0.5, 0.6) is 5.75 Å². The summed E-state index contributed by atoms with van der Waals surface area (Å²) < 4.78 is 11.2. The zero-order valence-corrected chi connectivity index (χ0v) is 13.7. The Morgan fingerprint density at radius 2 is 2.00 bits per heavy atom. The van der Waals surface area contributed by atoms with E-state index in [0.717, 1.165) is 30.8 Å². The lowest BCUT2D eigenvalue weighted by Crippen LogP contribution is -2.41. The second kappa shape index (κ2) is 8.03. The largest absolute Gasteiger partial charge is 0.491 e. The third kappa shape index (κ3) is 4.91. The predicted octanol–water partition coefficient (Wildman–Crippen LogP) is 2.47. The number of benzene rings is 1. The summed E-state index contributed by atoms with van der Waals surface area (Å²) in [5.74, 6) is 0.879. The average Bonchev–Trinajstić information content (AvgIpc) is 3.00. The number of amides is 2.